The molecule has 2 heterocycles. The fraction of sp³-hybridized carbons (Fsp3) is 0.488. The molecule has 278 valence electrons. The fourth-order valence-electron chi connectivity index (χ4n) is 7.45. The molecular formula is C43H56N4O5. The first-order valence-corrected chi connectivity index (χ1v) is 19.3. The van der Waals surface area contributed by atoms with E-state index in [9.17, 15) is 19.2 Å². The van der Waals surface area contributed by atoms with E-state index >= 15 is 0 Å². The van der Waals surface area contributed by atoms with Crippen LogP contribution in [0.15, 0.2) is 84.9 Å². The van der Waals surface area contributed by atoms with Gasteiger partial charge in [-0.05, 0) is 55.0 Å². The summed E-state index contributed by atoms with van der Waals surface area (Å²) in [5, 5.41) is 6.30. The van der Waals surface area contributed by atoms with Crippen molar-refractivity contribution >= 4 is 23.6 Å². The van der Waals surface area contributed by atoms with Crippen LogP contribution >= 0.6 is 0 Å². The van der Waals surface area contributed by atoms with Gasteiger partial charge in [0.2, 0.25) is 17.7 Å². The number of hydrogen-bond acceptors (Lipinski definition) is 5. The molecule has 3 atom stereocenters. The van der Waals surface area contributed by atoms with Gasteiger partial charge in [-0.1, -0.05) is 112 Å². The lowest BCUT2D eigenvalue weighted by atomic mass is 9.88. The van der Waals surface area contributed by atoms with Gasteiger partial charge in [-0.15, -0.1) is 0 Å². The summed E-state index contributed by atoms with van der Waals surface area (Å²) in [4.78, 5) is 57.9. The van der Waals surface area contributed by atoms with Crippen LogP contribution in [0.25, 0.3) is 0 Å². The van der Waals surface area contributed by atoms with Crippen molar-refractivity contribution in [3.05, 3.63) is 102 Å². The van der Waals surface area contributed by atoms with Crippen LogP contribution in [0.5, 0.6) is 5.75 Å². The molecule has 2 bridgehead atoms. The summed E-state index contributed by atoms with van der Waals surface area (Å²) in [6.45, 7) is 3.16. The highest BCUT2D eigenvalue weighted by Crippen LogP contribution is 2.29. The molecule has 0 aliphatic carbocycles. The SMILES string of the molecule is CCCCCCCCCC(=O)N[C@H]1CCCN(C)C(=O)c2cccc(c2)OC[C@@H]2C[C@H](NC(=O)CC(c3ccccc3)c3ccccc3)CN2C1=O. The maximum Gasteiger partial charge on any atom is 0.253 e. The zero-order valence-electron chi connectivity index (χ0n) is 30.9. The van der Waals surface area contributed by atoms with E-state index in [1.54, 1.807) is 35.0 Å². The number of rotatable bonds is 14. The lowest BCUT2D eigenvalue weighted by Gasteiger charge is -2.30. The number of nitrogens with one attached hydrogen (secondary N) is 2. The van der Waals surface area contributed by atoms with Gasteiger partial charge in [-0.25, -0.2) is 0 Å². The minimum atomic E-state index is -0.737. The molecule has 3 aromatic carbocycles. The first-order chi connectivity index (χ1) is 25.3. The van der Waals surface area contributed by atoms with E-state index in [1.165, 1.54) is 25.7 Å². The van der Waals surface area contributed by atoms with Gasteiger partial charge in [0.1, 0.15) is 18.4 Å². The first kappa shape index (κ1) is 38.6. The van der Waals surface area contributed by atoms with E-state index in [0.29, 0.717) is 50.1 Å². The zero-order chi connectivity index (χ0) is 36.7. The van der Waals surface area contributed by atoms with Crippen molar-refractivity contribution in [1.29, 1.82) is 0 Å². The second-order valence-electron chi connectivity index (χ2n) is 14.4. The zero-order valence-corrected chi connectivity index (χ0v) is 30.9. The topological polar surface area (TPSA) is 108 Å². The summed E-state index contributed by atoms with van der Waals surface area (Å²) >= 11 is 0. The van der Waals surface area contributed by atoms with Gasteiger partial charge in [-0.3, -0.25) is 19.2 Å². The summed E-state index contributed by atoms with van der Waals surface area (Å²) in [7, 11) is 1.75. The van der Waals surface area contributed by atoms with Crippen LogP contribution in [-0.2, 0) is 14.4 Å². The summed E-state index contributed by atoms with van der Waals surface area (Å²) in [6, 6.07) is 25.9. The molecule has 9 nitrogen and oxygen atoms in total. The molecule has 0 unspecified atom stereocenters. The van der Waals surface area contributed by atoms with E-state index in [-0.39, 0.29) is 54.7 Å². The summed E-state index contributed by atoms with van der Waals surface area (Å²) in [5.41, 5.74) is 2.67. The third kappa shape index (κ3) is 11.2. The van der Waals surface area contributed by atoms with Crippen LogP contribution in [0.4, 0.5) is 0 Å². The monoisotopic (exact) mass is 708 g/mol. The van der Waals surface area contributed by atoms with E-state index in [0.717, 1.165) is 30.4 Å². The van der Waals surface area contributed by atoms with E-state index in [2.05, 4.69) is 17.6 Å². The number of ether oxygens (including phenoxy) is 1. The third-order valence-electron chi connectivity index (χ3n) is 10.4. The largest absolute Gasteiger partial charge is 0.491 e. The average Bonchev–Trinajstić information content (AvgIpc) is 3.57. The van der Waals surface area contributed by atoms with Crippen LogP contribution in [0, 0.1) is 0 Å². The lowest BCUT2D eigenvalue weighted by molar-refractivity contribution is -0.138. The number of amides is 4. The number of nitrogens with zero attached hydrogens (tertiary/aromatic N) is 2. The van der Waals surface area contributed by atoms with Crippen molar-refractivity contribution in [2.45, 2.75) is 108 Å². The number of carbonyl (C=O) groups excluding carboxylic acids is 4. The molecule has 3 aromatic rings. The molecule has 9 heteroatoms. The first-order valence-electron chi connectivity index (χ1n) is 19.3. The Labute approximate surface area is 309 Å². The fourth-order valence-corrected chi connectivity index (χ4v) is 7.45. The van der Waals surface area contributed by atoms with Crippen molar-refractivity contribution in [3.8, 4) is 5.75 Å². The van der Waals surface area contributed by atoms with Crippen molar-refractivity contribution in [2.24, 2.45) is 0 Å². The van der Waals surface area contributed by atoms with Crippen LogP contribution < -0.4 is 15.4 Å². The van der Waals surface area contributed by atoms with Crippen LogP contribution in [0.1, 0.15) is 111 Å². The van der Waals surface area contributed by atoms with Crippen LogP contribution in [0.2, 0.25) is 0 Å². The maximum absolute atomic E-state index is 14.4. The minimum absolute atomic E-state index is 0.0867. The highest BCUT2D eigenvalue weighted by atomic mass is 16.5. The van der Waals surface area contributed by atoms with Crippen LogP contribution in [-0.4, -0.2) is 78.3 Å². The van der Waals surface area contributed by atoms with Crippen molar-refractivity contribution in [3.63, 3.8) is 0 Å². The van der Waals surface area contributed by atoms with Gasteiger partial charge < -0.3 is 25.2 Å². The van der Waals surface area contributed by atoms with Gasteiger partial charge in [-0.2, -0.15) is 0 Å². The quantitative estimate of drug-likeness (QED) is 0.178. The number of unbranched alkanes of at least 4 members (excludes halogenated alkanes) is 6. The number of benzene rings is 3. The molecule has 2 aliphatic heterocycles. The second kappa shape index (κ2) is 19.8. The molecule has 52 heavy (non-hydrogen) atoms. The molecule has 5 rings (SSSR count). The van der Waals surface area contributed by atoms with Gasteiger partial charge in [0.15, 0.2) is 0 Å². The highest BCUT2D eigenvalue weighted by Gasteiger charge is 2.39. The number of fused-ring (bicyclic) bond motifs is 3. The molecule has 0 radical (unpaired) electrons. The number of hydrogen-bond donors (Lipinski definition) is 2. The smallest absolute Gasteiger partial charge is 0.253 e. The van der Waals surface area contributed by atoms with E-state index in [4.69, 9.17) is 4.74 Å². The molecule has 4 amide bonds. The highest BCUT2D eigenvalue weighted by molar-refractivity contribution is 5.94. The Morgan fingerprint density at radius 1 is 0.827 bits per heavy atom. The van der Waals surface area contributed by atoms with E-state index in [1.807, 2.05) is 66.7 Å². The second-order valence-corrected chi connectivity index (χ2v) is 14.4. The summed E-state index contributed by atoms with van der Waals surface area (Å²) in [6.07, 6.45) is 9.84. The molecule has 2 N–H and O–H groups in total. The lowest BCUT2D eigenvalue weighted by Crippen LogP contribution is -2.52. The molecule has 0 aromatic heterocycles. The Hall–Kier alpha value is -4.66. The minimum Gasteiger partial charge on any atom is -0.491 e. The van der Waals surface area contributed by atoms with Crippen molar-refractivity contribution in [1.82, 2.24) is 20.4 Å². The van der Waals surface area contributed by atoms with Gasteiger partial charge in [0.25, 0.3) is 5.91 Å². The molecule has 0 spiro atoms. The van der Waals surface area contributed by atoms with Crippen LogP contribution in [0.3, 0.4) is 0 Å². The van der Waals surface area contributed by atoms with Crippen molar-refractivity contribution in [2.75, 3.05) is 26.7 Å². The molecule has 2 aliphatic rings. The average molecular weight is 709 g/mol. The molecule has 1 saturated heterocycles. The Bertz CT molecular complexity index is 1560. The Kier molecular flexibility index (Phi) is 14.7. The Morgan fingerprint density at radius 3 is 2.19 bits per heavy atom. The van der Waals surface area contributed by atoms with Crippen molar-refractivity contribution < 1.29 is 23.9 Å². The Morgan fingerprint density at radius 2 is 1.50 bits per heavy atom. The predicted molar refractivity (Wildman–Crippen MR) is 204 cm³/mol. The standard InChI is InChI=1S/C43H56N4O5/c1-3-4-5-6-7-8-15-25-40(48)45-39-24-17-26-46(2)42(50)34-22-16-23-37(27-34)52-31-36-28-35(30-47(36)43(39)51)44-41(49)29-38(32-18-11-9-12-19-32)33-20-13-10-14-21-33/h9-14,16,18-23,27,35-36,38-39H,3-8,15,17,24-26,28-31H2,1-2H3,(H,44,49)(H,45,48)/t35-,36-,39-/m0/s1. The molecule has 1 fully saturated rings. The molecule has 0 saturated carbocycles. The maximum atomic E-state index is 14.4. The van der Waals surface area contributed by atoms with Gasteiger partial charge >= 0.3 is 0 Å². The predicted octanol–water partition coefficient (Wildman–Crippen LogP) is 6.86. The normalized spacial score (nSPS) is 19.5. The summed E-state index contributed by atoms with van der Waals surface area (Å²) < 4.78 is 6.22. The summed E-state index contributed by atoms with van der Waals surface area (Å²) in [5.74, 6) is -0.0792. The molecular weight excluding hydrogens is 652 g/mol. The van der Waals surface area contributed by atoms with Gasteiger partial charge in [0.05, 0.1) is 6.04 Å². The third-order valence-corrected chi connectivity index (χ3v) is 10.4. The van der Waals surface area contributed by atoms with Gasteiger partial charge in [0, 0.05) is 50.5 Å². The van der Waals surface area contributed by atoms with E-state index < -0.39 is 6.04 Å². The Balaban J connectivity index is 1.30. The number of carbonyl (C=O) groups is 4.